The molecule has 3 N–H and O–H groups in total. The van der Waals surface area contributed by atoms with Crippen LogP contribution in [0.4, 0.5) is 8.78 Å². The van der Waals surface area contributed by atoms with E-state index in [-0.39, 0.29) is 31.0 Å². The Morgan fingerprint density at radius 1 is 1.05 bits per heavy atom. The highest BCUT2D eigenvalue weighted by molar-refractivity contribution is 5.76. The van der Waals surface area contributed by atoms with Crippen molar-refractivity contribution in [1.29, 1.82) is 0 Å². The van der Waals surface area contributed by atoms with Gasteiger partial charge in [0, 0.05) is 25.1 Å². The molecule has 2 aromatic rings. The van der Waals surface area contributed by atoms with E-state index in [1.165, 1.54) is 28.8 Å². The van der Waals surface area contributed by atoms with Gasteiger partial charge in [-0.15, -0.1) is 0 Å². The van der Waals surface area contributed by atoms with Crippen LogP contribution in [-0.4, -0.2) is 36.3 Å². The van der Waals surface area contributed by atoms with Gasteiger partial charge < -0.3 is 20.5 Å². The van der Waals surface area contributed by atoms with Gasteiger partial charge in [0.2, 0.25) is 5.91 Å². The van der Waals surface area contributed by atoms with E-state index < -0.39 is 23.8 Å². The lowest BCUT2D eigenvalue weighted by atomic mass is 9.97. The number of β-amino-alcohol motifs (C(OH)–C–C–N with tert-alkyl or cyclic N) is 1. The second-order valence-electron chi connectivity index (χ2n) is 11.0. The Morgan fingerprint density at radius 2 is 1.84 bits per heavy atom. The van der Waals surface area contributed by atoms with Crippen LogP contribution in [0.2, 0.25) is 0 Å². The van der Waals surface area contributed by atoms with Gasteiger partial charge in [-0.25, -0.2) is 8.78 Å². The Kier molecular flexibility index (Phi) is 10.1. The molecule has 4 atom stereocenters. The van der Waals surface area contributed by atoms with Crippen molar-refractivity contribution >= 4 is 5.91 Å². The fourth-order valence-electron chi connectivity index (χ4n) is 5.34. The maximum Gasteiger partial charge on any atom is 0.220 e. The number of halogens is 2. The van der Waals surface area contributed by atoms with Crippen LogP contribution >= 0.6 is 0 Å². The van der Waals surface area contributed by atoms with E-state index in [1.807, 2.05) is 12.2 Å². The van der Waals surface area contributed by atoms with Gasteiger partial charge in [0.15, 0.2) is 0 Å². The predicted octanol–water partition coefficient (Wildman–Crippen LogP) is 5.47. The lowest BCUT2D eigenvalue weighted by molar-refractivity contribution is -0.122. The summed E-state index contributed by atoms with van der Waals surface area (Å²) in [5, 5.41) is 17.6. The molecule has 206 valence electrons. The van der Waals surface area contributed by atoms with Gasteiger partial charge in [-0.1, -0.05) is 44.2 Å². The number of carbonyl (C=O) groups is 1. The number of fused-ring (bicyclic) bond motifs is 5. The zero-order chi connectivity index (χ0) is 27.1. The first kappa shape index (κ1) is 28.4. The number of aliphatic hydroxyl groups is 1. The van der Waals surface area contributed by atoms with Gasteiger partial charge in [-0.3, -0.25) is 4.79 Å². The molecular formula is C31H40F2N2O3. The summed E-state index contributed by atoms with van der Waals surface area (Å²) in [7, 11) is 0. The first-order chi connectivity index (χ1) is 18.3. The molecule has 1 aliphatic heterocycles. The van der Waals surface area contributed by atoms with Crippen LogP contribution < -0.4 is 10.6 Å². The molecule has 2 bridgehead atoms. The third-order valence-electron chi connectivity index (χ3n) is 7.43. The number of hydrogen-bond acceptors (Lipinski definition) is 4. The molecule has 0 aromatic heterocycles. The number of hydrogen-bond donors (Lipinski definition) is 3. The molecule has 2 aliphatic rings. The second kappa shape index (κ2) is 13.5. The molecule has 0 spiro atoms. The molecule has 0 saturated carbocycles. The number of rotatable bonds is 5. The fraction of sp³-hybridized carbons (Fsp3) is 0.516. The molecule has 38 heavy (non-hydrogen) atoms. The molecular weight excluding hydrogens is 486 g/mol. The maximum absolute atomic E-state index is 13.8. The smallest absolute Gasteiger partial charge is 0.220 e. The van der Waals surface area contributed by atoms with Gasteiger partial charge in [-0.2, -0.15) is 0 Å². The Morgan fingerprint density at radius 3 is 2.61 bits per heavy atom. The van der Waals surface area contributed by atoms with Crippen molar-refractivity contribution in [2.45, 2.75) is 83.1 Å². The zero-order valence-electron chi connectivity index (χ0n) is 22.4. The van der Waals surface area contributed by atoms with Crippen molar-refractivity contribution in [2.75, 3.05) is 13.2 Å². The minimum atomic E-state index is -0.953. The summed E-state index contributed by atoms with van der Waals surface area (Å²) in [4.78, 5) is 12.7. The Bertz CT molecular complexity index is 1100. The summed E-state index contributed by atoms with van der Waals surface area (Å²) in [5.74, 6) is -0.929. The van der Waals surface area contributed by atoms with Gasteiger partial charge in [0.1, 0.15) is 11.6 Å². The molecule has 4 rings (SSSR count). The summed E-state index contributed by atoms with van der Waals surface area (Å²) in [5.41, 5.74) is 4.03. The fourth-order valence-corrected chi connectivity index (χ4v) is 5.34. The van der Waals surface area contributed by atoms with Crippen LogP contribution in [0.5, 0.6) is 0 Å². The lowest BCUT2D eigenvalue weighted by Gasteiger charge is -2.26. The van der Waals surface area contributed by atoms with Crippen LogP contribution in [-0.2, 0) is 22.4 Å². The molecule has 0 saturated heterocycles. The second-order valence-corrected chi connectivity index (χ2v) is 11.0. The summed E-state index contributed by atoms with van der Waals surface area (Å²) in [6.45, 7) is 5.17. The maximum atomic E-state index is 13.8. The molecule has 0 fully saturated rings. The van der Waals surface area contributed by atoms with E-state index >= 15 is 0 Å². The van der Waals surface area contributed by atoms with Crippen molar-refractivity contribution < 1.29 is 23.4 Å². The first-order valence-electron chi connectivity index (χ1n) is 13.8. The van der Waals surface area contributed by atoms with Gasteiger partial charge in [-0.05, 0) is 78.8 Å². The molecule has 7 heteroatoms. The van der Waals surface area contributed by atoms with E-state index in [2.05, 4.69) is 42.7 Å². The highest BCUT2D eigenvalue weighted by atomic mass is 19.1. The molecule has 0 unspecified atom stereocenters. The van der Waals surface area contributed by atoms with Crippen molar-refractivity contribution in [3.63, 3.8) is 0 Å². The van der Waals surface area contributed by atoms with Crippen LogP contribution in [0.3, 0.4) is 0 Å². The van der Waals surface area contributed by atoms with Crippen molar-refractivity contribution in [2.24, 2.45) is 5.92 Å². The highest BCUT2D eigenvalue weighted by Crippen LogP contribution is 2.41. The number of ether oxygens (including phenoxy) is 1. The number of carbonyl (C=O) groups excluding carboxylic acids is 1. The summed E-state index contributed by atoms with van der Waals surface area (Å²) in [6, 6.07) is 9.22. The third kappa shape index (κ3) is 7.95. The van der Waals surface area contributed by atoms with E-state index in [1.54, 1.807) is 0 Å². The standard InChI is InChI=1S/C31H40F2N2O3/c1-20(2)8-9-21-10-11-25-26(15-21)27-18-30(25)38-12-6-4-3-5-7-31(37)35-28(29(36)19-34-27)16-22-13-23(32)17-24(33)14-22/h4,6,10-11,13-15,17,20,27-30,34,36H,3,5,7-9,12,16,18-19H2,1-2H3,(H,35,37)/t27-,28-,29+,30+/m0/s1. The molecule has 0 radical (unpaired) electrons. The molecule has 1 amide bonds. The zero-order valence-corrected chi connectivity index (χ0v) is 22.4. The number of aryl methyl sites for hydroxylation is 1. The van der Waals surface area contributed by atoms with Crippen molar-refractivity contribution in [3.05, 3.63) is 82.4 Å². The number of benzene rings is 2. The predicted molar refractivity (Wildman–Crippen MR) is 145 cm³/mol. The minimum absolute atomic E-state index is 0.0106. The number of nitrogens with one attached hydrogen (secondary N) is 2. The van der Waals surface area contributed by atoms with Gasteiger partial charge >= 0.3 is 0 Å². The van der Waals surface area contributed by atoms with E-state index in [0.29, 0.717) is 30.9 Å². The van der Waals surface area contributed by atoms with E-state index in [0.717, 1.165) is 31.7 Å². The topological polar surface area (TPSA) is 70.6 Å². The molecule has 1 aliphatic carbocycles. The SMILES string of the molecule is CC(C)CCc1ccc2c(c1)[C@@H]1C[C@H]2OCC=CCCCC(=O)N[C@@H](Cc2cc(F)cc(F)c2)[C@H](O)CN1. The normalized spacial score (nSPS) is 24.8. The lowest BCUT2D eigenvalue weighted by Crippen LogP contribution is -2.49. The number of aliphatic hydroxyl groups excluding tert-OH is 1. The molecule has 1 heterocycles. The Balaban J connectivity index is 1.55. The third-order valence-corrected chi connectivity index (χ3v) is 7.43. The average Bonchev–Trinajstić information content (AvgIpc) is 3.20. The first-order valence-corrected chi connectivity index (χ1v) is 13.8. The van der Waals surface area contributed by atoms with Crippen LogP contribution in [0.25, 0.3) is 0 Å². The van der Waals surface area contributed by atoms with E-state index in [9.17, 15) is 18.7 Å². The highest BCUT2D eigenvalue weighted by Gasteiger charge is 2.33. The van der Waals surface area contributed by atoms with Gasteiger partial charge in [0.05, 0.1) is 24.9 Å². The quantitative estimate of drug-likeness (QED) is 0.452. The Hall–Kier alpha value is -2.61. The monoisotopic (exact) mass is 526 g/mol. The number of amides is 1. The van der Waals surface area contributed by atoms with Crippen LogP contribution in [0, 0.1) is 17.6 Å². The molecule has 5 nitrogen and oxygen atoms in total. The van der Waals surface area contributed by atoms with E-state index in [4.69, 9.17) is 4.74 Å². The minimum Gasteiger partial charge on any atom is -0.390 e. The van der Waals surface area contributed by atoms with Crippen LogP contribution in [0.1, 0.15) is 80.4 Å². The Labute approximate surface area is 224 Å². The van der Waals surface area contributed by atoms with Crippen molar-refractivity contribution in [3.8, 4) is 0 Å². The summed E-state index contributed by atoms with van der Waals surface area (Å²) < 4.78 is 33.9. The van der Waals surface area contributed by atoms with Crippen molar-refractivity contribution in [1.82, 2.24) is 10.6 Å². The molecule has 2 aromatic carbocycles. The average molecular weight is 527 g/mol. The summed E-state index contributed by atoms with van der Waals surface area (Å²) in [6.07, 6.45) is 7.73. The number of allylic oxidation sites excluding steroid dienone is 1. The van der Waals surface area contributed by atoms with Crippen LogP contribution in [0.15, 0.2) is 48.6 Å². The largest absolute Gasteiger partial charge is 0.390 e. The summed E-state index contributed by atoms with van der Waals surface area (Å²) >= 11 is 0. The van der Waals surface area contributed by atoms with Gasteiger partial charge in [0.25, 0.3) is 0 Å².